The molecule has 0 aliphatic carbocycles. The van der Waals surface area contributed by atoms with Crippen molar-refractivity contribution in [1.29, 1.82) is 0 Å². The molecule has 2 aliphatic rings. The second-order valence-electron chi connectivity index (χ2n) is 6.19. The normalized spacial score (nSPS) is 28.1. The molecule has 0 N–H and O–H groups in total. The molecule has 2 aliphatic heterocycles. The van der Waals surface area contributed by atoms with Crippen molar-refractivity contribution in [2.75, 3.05) is 16.4 Å². The molecule has 3 rings (SSSR count). The van der Waals surface area contributed by atoms with E-state index in [2.05, 4.69) is 20.9 Å². The van der Waals surface area contributed by atoms with Crippen molar-refractivity contribution in [1.82, 2.24) is 0 Å². The van der Waals surface area contributed by atoms with Gasteiger partial charge in [-0.3, -0.25) is 4.79 Å². The van der Waals surface area contributed by atoms with Crippen LogP contribution in [-0.4, -0.2) is 42.3 Å². The number of rotatable bonds is 3. The summed E-state index contributed by atoms with van der Waals surface area (Å²) < 4.78 is 25.0. The van der Waals surface area contributed by atoms with Gasteiger partial charge < -0.3 is 4.90 Å². The largest absolute Gasteiger partial charge is 0.316 e. The number of nitrogens with zero attached hydrogens (tertiary/aromatic N) is 2. The number of anilines is 1. The van der Waals surface area contributed by atoms with Crippen molar-refractivity contribution in [3.05, 3.63) is 28.7 Å². The second kappa shape index (κ2) is 6.80. The standard InChI is InChI=1S/C16H19BrN2O3S2/c1-3-10(2)15(20)18-16-19(12-6-4-11(17)5-7-12)13-8-24(21,22)9-14(13)23-16/h4-7,10,13-14H,3,8-9H2,1-2H3/t10-,13+,14-/m0/s1. The van der Waals surface area contributed by atoms with Gasteiger partial charge in [0.25, 0.3) is 5.91 Å². The van der Waals surface area contributed by atoms with Gasteiger partial charge in [0.05, 0.1) is 17.5 Å². The molecule has 3 atom stereocenters. The summed E-state index contributed by atoms with van der Waals surface area (Å²) in [6.45, 7) is 3.82. The SMILES string of the molecule is CC[C@H](C)C(=O)N=C1S[C@H]2CS(=O)(=O)C[C@H]2N1c1ccc(Br)cc1. The third-order valence-corrected chi connectivity index (χ3v) is 8.15. The quantitative estimate of drug-likeness (QED) is 0.736. The average molecular weight is 431 g/mol. The van der Waals surface area contributed by atoms with Crippen molar-refractivity contribution in [3.8, 4) is 0 Å². The molecule has 1 aromatic carbocycles. The smallest absolute Gasteiger partial charge is 0.250 e. The summed E-state index contributed by atoms with van der Waals surface area (Å²) in [6, 6.07) is 7.49. The molecule has 2 heterocycles. The van der Waals surface area contributed by atoms with Gasteiger partial charge in [-0.15, -0.1) is 0 Å². The number of hydrogen-bond donors (Lipinski definition) is 0. The number of halogens is 1. The van der Waals surface area contributed by atoms with Crippen LogP contribution in [0.25, 0.3) is 0 Å². The van der Waals surface area contributed by atoms with E-state index in [1.165, 1.54) is 11.8 Å². The highest BCUT2D eigenvalue weighted by molar-refractivity contribution is 9.10. The molecule has 0 radical (unpaired) electrons. The van der Waals surface area contributed by atoms with E-state index >= 15 is 0 Å². The summed E-state index contributed by atoms with van der Waals surface area (Å²) in [6.07, 6.45) is 0.736. The average Bonchev–Trinajstić information content (AvgIpc) is 2.98. The summed E-state index contributed by atoms with van der Waals surface area (Å²) in [5, 5.41) is 0.551. The summed E-state index contributed by atoms with van der Waals surface area (Å²) in [5.41, 5.74) is 0.867. The van der Waals surface area contributed by atoms with Crippen molar-refractivity contribution < 1.29 is 13.2 Å². The number of amides is 1. The minimum atomic E-state index is -3.04. The zero-order chi connectivity index (χ0) is 17.5. The molecule has 0 bridgehead atoms. The summed E-state index contributed by atoms with van der Waals surface area (Å²) in [4.78, 5) is 18.5. The van der Waals surface area contributed by atoms with Gasteiger partial charge in [0.1, 0.15) is 0 Å². The number of aliphatic imine (C=N–C) groups is 1. The lowest BCUT2D eigenvalue weighted by Crippen LogP contribution is -2.37. The molecule has 2 fully saturated rings. The fourth-order valence-corrected chi connectivity index (χ4v) is 7.03. The van der Waals surface area contributed by atoms with Gasteiger partial charge in [-0.25, -0.2) is 8.42 Å². The molecule has 8 heteroatoms. The van der Waals surface area contributed by atoms with Crippen LogP contribution in [0.2, 0.25) is 0 Å². The molecule has 0 aromatic heterocycles. The molecule has 0 unspecified atom stereocenters. The topological polar surface area (TPSA) is 66.8 Å². The second-order valence-corrected chi connectivity index (χ2v) is 10.5. The van der Waals surface area contributed by atoms with Gasteiger partial charge >= 0.3 is 0 Å². The van der Waals surface area contributed by atoms with E-state index in [1.807, 2.05) is 43.0 Å². The van der Waals surface area contributed by atoms with Crippen LogP contribution in [0.15, 0.2) is 33.7 Å². The fourth-order valence-electron chi connectivity index (χ4n) is 2.85. The number of carbonyl (C=O) groups excluding carboxylic acids is 1. The van der Waals surface area contributed by atoms with Crippen molar-refractivity contribution in [3.63, 3.8) is 0 Å². The molecule has 1 amide bonds. The van der Waals surface area contributed by atoms with Gasteiger partial charge in [-0.05, 0) is 30.7 Å². The van der Waals surface area contributed by atoms with Gasteiger partial charge in [0.15, 0.2) is 15.0 Å². The van der Waals surface area contributed by atoms with Crippen molar-refractivity contribution in [2.24, 2.45) is 10.9 Å². The Morgan fingerprint density at radius 3 is 2.67 bits per heavy atom. The van der Waals surface area contributed by atoms with Gasteiger partial charge in [-0.1, -0.05) is 41.5 Å². The summed E-state index contributed by atoms with van der Waals surface area (Å²) >= 11 is 4.82. The molecular formula is C16H19BrN2O3S2. The first-order valence-electron chi connectivity index (χ1n) is 7.85. The van der Waals surface area contributed by atoms with Crippen LogP contribution >= 0.6 is 27.7 Å². The number of hydrogen-bond acceptors (Lipinski definition) is 4. The van der Waals surface area contributed by atoms with E-state index in [0.717, 1.165) is 16.6 Å². The van der Waals surface area contributed by atoms with Crippen LogP contribution in [0.4, 0.5) is 5.69 Å². The maximum atomic E-state index is 12.3. The van der Waals surface area contributed by atoms with E-state index in [-0.39, 0.29) is 34.6 Å². The zero-order valence-corrected chi connectivity index (χ0v) is 16.7. The first kappa shape index (κ1) is 17.9. The van der Waals surface area contributed by atoms with Crippen LogP contribution in [0.5, 0.6) is 0 Å². The lowest BCUT2D eigenvalue weighted by atomic mass is 10.1. The Hall–Kier alpha value is -0.860. The van der Waals surface area contributed by atoms with E-state index in [1.54, 1.807) is 0 Å². The number of amidine groups is 1. The van der Waals surface area contributed by atoms with E-state index < -0.39 is 9.84 Å². The molecule has 1 aromatic rings. The Kier molecular flexibility index (Phi) is 5.09. The highest BCUT2D eigenvalue weighted by Crippen LogP contribution is 2.41. The first-order valence-corrected chi connectivity index (χ1v) is 11.3. The summed E-state index contributed by atoms with van der Waals surface area (Å²) in [7, 11) is -3.04. The van der Waals surface area contributed by atoms with E-state index in [0.29, 0.717) is 5.17 Å². The minimum Gasteiger partial charge on any atom is -0.316 e. The highest BCUT2D eigenvalue weighted by Gasteiger charge is 2.49. The molecule has 130 valence electrons. The van der Waals surface area contributed by atoms with E-state index in [4.69, 9.17) is 0 Å². The van der Waals surface area contributed by atoms with Crippen molar-refractivity contribution in [2.45, 2.75) is 31.6 Å². The predicted molar refractivity (Wildman–Crippen MR) is 102 cm³/mol. The molecule has 2 saturated heterocycles. The zero-order valence-electron chi connectivity index (χ0n) is 13.5. The van der Waals surface area contributed by atoms with Gasteiger partial charge in [0, 0.05) is 21.3 Å². The molecule has 0 saturated carbocycles. The Morgan fingerprint density at radius 2 is 2.04 bits per heavy atom. The number of thioether (sulfide) groups is 1. The molecule has 24 heavy (non-hydrogen) atoms. The maximum absolute atomic E-state index is 12.3. The molecule has 0 spiro atoms. The number of carbonyl (C=O) groups is 1. The van der Waals surface area contributed by atoms with Crippen LogP contribution in [-0.2, 0) is 14.6 Å². The monoisotopic (exact) mass is 430 g/mol. The Balaban J connectivity index is 1.98. The van der Waals surface area contributed by atoms with Crippen LogP contribution in [0.3, 0.4) is 0 Å². The Labute approximate surface area is 155 Å². The summed E-state index contributed by atoms with van der Waals surface area (Å²) in [5.74, 6) is -0.0256. The number of fused-ring (bicyclic) bond motifs is 1. The third-order valence-electron chi connectivity index (χ3n) is 4.41. The van der Waals surface area contributed by atoms with Crippen molar-refractivity contribution >= 4 is 54.3 Å². The van der Waals surface area contributed by atoms with Crippen LogP contribution in [0.1, 0.15) is 20.3 Å². The lowest BCUT2D eigenvalue weighted by molar-refractivity contribution is -0.121. The van der Waals surface area contributed by atoms with Gasteiger partial charge in [0.2, 0.25) is 0 Å². The maximum Gasteiger partial charge on any atom is 0.250 e. The lowest BCUT2D eigenvalue weighted by Gasteiger charge is -2.24. The number of sulfone groups is 1. The van der Waals surface area contributed by atoms with E-state index in [9.17, 15) is 13.2 Å². The molecular weight excluding hydrogens is 412 g/mol. The van der Waals surface area contributed by atoms with Crippen LogP contribution in [0, 0.1) is 5.92 Å². The number of benzene rings is 1. The Bertz CT molecular complexity index is 777. The highest BCUT2D eigenvalue weighted by atomic mass is 79.9. The van der Waals surface area contributed by atoms with Crippen LogP contribution < -0.4 is 4.90 Å². The predicted octanol–water partition coefficient (Wildman–Crippen LogP) is 3.10. The third kappa shape index (κ3) is 3.55. The minimum absolute atomic E-state index is 0.0675. The molecule has 5 nitrogen and oxygen atoms in total. The fraction of sp³-hybridized carbons (Fsp3) is 0.500. The van der Waals surface area contributed by atoms with Gasteiger partial charge in [-0.2, -0.15) is 4.99 Å². The first-order chi connectivity index (χ1) is 11.3. The Morgan fingerprint density at radius 1 is 1.38 bits per heavy atom.